The zero-order chi connectivity index (χ0) is 19.8. The van der Waals surface area contributed by atoms with Crippen molar-refractivity contribution < 1.29 is 18.1 Å². The zero-order valence-corrected chi connectivity index (χ0v) is 16.7. The molecule has 0 spiro atoms. The number of carbonyl (C=O) groups excluding carboxylic acids is 1. The van der Waals surface area contributed by atoms with Crippen LogP contribution in [0, 0.1) is 10.1 Å². The van der Waals surface area contributed by atoms with Crippen molar-refractivity contribution in [2.24, 2.45) is 0 Å². The van der Waals surface area contributed by atoms with Gasteiger partial charge in [-0.15, -0.1) is 11.3 Å². The first kappa shape index (κ1) is 19.6. The Kier molecular flexibility index (Phi) is 5.41. The van der Waals surface area contributed by atoms with Crippen LogP contribution in [-0.2, 0) is 9.84 Å². The molecule has 27 heavy (non-hydrogen) atoms. The molecule has 0 bridgehead atoms. The van der Waals surface area contributed by atoms with Crippen molar-refractivity contribution in [2.75, 3.05) is 37.3 Å². The maximum absolute atomic E-state index is 12.5. The Balaban J connectivity index is 1.78. The number of sulfone groups is 1. The molecule has 2 aromatic rings. The highest BCUT2D eigenvalue weighted by Crippen LogP contribution is 2.32. The molecule has 11 heteroatoms. The molecule has 1 amide bonds. The summed E-state index contributed by atoms with van der Waals surface area (Å²) in [4.78, 5) is 27.2. The first-order valence-electron chi connectivity index (χ1n) is 7.95. The number of nitro groups is 1. The number of benzene rings is 1. The average molecular weight is 430 g/mol. The smallest absolute Gasteiger partial charge is 0.293 e. The van der Waals surface area contributed by atoms with E-state index in [1.807, 2.05) is 0 Å². The molecule has 0 N–H and O–H groups in total. The van der Waals surface area contributed by atoms with Gasteiger partial charge in [-0.25, -0.2) is 8.42 Å². The van der Waals surface area contributed by atoms with Crippen molar-refractivity contribution in [3.63, 3.8) is 0 Å². The molecule has 8 nitrogen and oxygen atoms in total. The SMILES string of the molecule is CS(=O)(=O)c1ccc(N2CCN(C(=O)c3ccc(Cl)s3)CC2)c([N+](=O)[O-])c1. The highest BCUT2D eigenvalue weighted by molar-refractivity contribution is 7.90. The van der Waals surface area contributed by atoms with Gasteiger partial charge in [0.15, 0.2) is 9.84 Å². The molecule has 1 saturated heterocycles. The van der Waals surface area contributed by atoms with Crippen LogP contribution < -0.4 is 4.90 Å². The van der Waals surface area contributed by atoms with Crippen LogP contribution >= 0.6 is 22.9 Å². The van der Waals surface area contributed by atoms with Gasteiger partial charge in [-0.1, -0.05) is 11.6 Å². The summed E-state index contributed by atoms with van der Waals surface area (Å²) in [6.45, 7) is 1.62. The standard InChI is InChI=1S/C16H16ClN3O5S2/c1-27(24,25)11-2-3-12(13(10-11)20(22)23)18-6-8-19(9-7-18)16(21)14-4-5-15(17)26-14/h2-5,10H,6-9H2,1H3. The summed E-state index contributed by atoms with van der Waals surface area (Å²) in [6.07, 6.45) is 1.01. The maximum Gasteiger partial charge on any atom is 0.293 e. The Bertz CT molecular complexity index is 997. The molecular weight excluding hydrogens is 414 g/mol. The van der Waals surface area contributed by atoms with Gasteiger partial charge < -0.3 is 9.80 Å². The van der Waals surface area contributed by atoms with Gasteiger partial charge >= 0.3 is 0 Å². The number of rotatable bonds is 4. The first-order valence-corrected chi connectivity index (χ1v) is 11.0. The molecule has 0 unspecified atom stereocenters. The number of piperazine rings is 1. The lowest BCUT2D eigenvalue weighted by Crippen LogP contribution is -2.48. The molecule has 1 fully saturated rings. The predicted octanol–water partition coefficient (Wildman–Crippen LogP) is 2.68. The summed E-state index contributed by atoms with van der Waals surface area (Å²) >= 11 is 7.08. The van der Waals surface area contributed by atoms with E-state index in [2.05, 4.69) is 0 Å². The molecule has 1 aliphatic heterocycles. The van der Waals surface area contributed by atoms with Crippen molar-refractivity contribution in [3.05, 3.63) is 49.7 Å². The molecule has 2 heterocycles. The highest BCUT2D eigenvalue weighted by atomic mass is 35.5. The second-order valence-corrected chi connectivity index (χ2v) is 9.79. The second kappa shape index (κ2) is 7.45. The minimum absolute atomic E-state index is 0.0960. The zero-order valence-electron chi connectivity index (χ0n) is 14.3. The van der Waals surface area contributed by atoms with Gasteiger partial charge in [-0.05, 0) is 24.3 Å². The average Bonchev–Trinajstić information content (AvgIpc) is 3.06. The van der Waals surface area contributed by atoms with Crippen LogP contribution in [0.2, 0.25) is 4.34 Å². The van der Waals surface area contributed by atoms with E-state index in [1.165, 1.54) is 23.5 Å². The summed E-state index contributed by atoms with van der Waals surface area (Å²) in [5, 5.41) is 11.4. The van der Waals surface area contributed by atoms with Gasteiger partial charge in [0.25, 0.3) is 11.6 Å². The van der Waals surface area contributed by atoms with Gasteiger partial charge in [0.1, 0.15) is 5.69 Å². The van der Waals surface area contributed by atoms with E-state index < -0.39 is 14.8 Å². The van der Waals surface area contributed by atoms with Crippen LogP contribution in [0.4, 0.5) is 11.4 Å². The predicted molar refractivity (Wildman–Crippen MR) is 104 cm³/mol. The van der Waals surface area contributed by atoms with Gasteiger partial charge in [0.2, 0.25) is 0 Å². The Morgan fingerprint density at radius 1 is 1.19 bits per heavy atom. The minimum atomic E-state index is -3.54. The molecule has 1 aliphatic rings. The summed E-state index contributed by atoms with van der Waals surface area (Å²) in [5.41, 5.74) is 0.0846. The summed E-state index contributed by atoms with van der Waals surface area (Å²) in [6, 6.07) is 7.24. The third kappa shape index (κ3) is 4.23. The fourth-order valence-electron chi connectivity index (χ4n) is 2.88. The maximum atomic E-state index is 12.5. The number of carbonyl (C=O) groups is 1. The van der Waals surface area contributed by atoms with Gasteiger partial charge in [0, 0.05) is 38.5 Å². The van der Waals surface area contributed by atoms with Gasteiger partial charge in [-0.2, -0.15) is 0 Å². The van der Waals surface area contributed by atoms with E-state index >= 15 is 0 Å². The Morgan fingerprint density at radius 2 is 1.85 bits per heavy atom. The lowest BCUT2D eigenvalue weighted by Gasteiger charge is -2.35. The molecule has 144 valence electrons. The number of halogens is 1. The van der Waals surface area contributed by atoms with Crippen molar-refractivity contribution in [2.45, 2.75) is 4.90 Å². The number of nitro benzene ring substituents is 1. The number of thiophene rings is 1. The van der Waals surface area contributed by atoms with E-state index in [1.54, 1.807) is 21.9 Å². The normalized spacial score (nSPS) is 15.0. The largest absolute Gasteiger partial charge is 0.362 e. The lowest BCUT2D eigenvalue weighted by molar-refractivity contribution is -0.384. The molecule has 0 saturated carbocycles. The Labute approximate surface area is 165 Å². The van der Waals surface area contributed by atoms with Crippen LogP contribution in [0.3, 0.4) is 0 Å². The summed E-state index contributed by atoms with van der Waals surface area (Å²) in [7, 11) is -3.54. The third-order valence-corrected chi connectivity index (χ3v) is 6.59. The quantitative estimate of drug-likeness (QED) is 0.547. The van der Waals surface area contributed by atoms with Crippen molar-refractivity contribution in [1.82, 2.24) is 4.90 Å². The summed E-state index contributed by atoms with van der Waals surface area (Å²) < 4.78 is 23.9. The molecule has 1 aromatic carbocycles. The van der Waals surface area contributed by atoms with Gasteiger partial charge in [0.05, 0.1) is 19.0 Å². The van der Waals surface area contributed by atoms with E-state index in [9.17, 15) is 23.3 Å². The van der Waals surface area contributed by atoms with Crippen LogP contribution in [0.5, 0.6) is 0 Å². The molecule has 0 radical (unpaired) electrons. The van der Waals surface area contributed by atoms with E-state index in [-0.39, 0.29) is 16.5 Å². The molecule has 0 atom stereocenters. The van der Waals surface area contributed by atoms with Crippen LogP contribution in [0.25, 0.3) is 0 Å². The summed E-state index contributed by atoms with van der Waals surface area (Å²) in [5.74, 6) is -0.117. The van der Waals surface area contributed by atoms with Crippen LogP contribution in [-0.4, -0.2) is 56.6 Å². The first-order chi connectivity index (χ1) is 12.7. The third-order valence-electron chi connectivity index (χ3n) is 4.26. The minimum Gasteiger partial charge on any atom is -0.362 e. The van der Waals surface area contributed by atoms with E-state index in [4.69, 9.17) is 11.6 Å². The molecule has 3 rings (SSSR count). The molecule has 1 aromatic heterocycles. The van der Waals surface area contributed by atoms with Crippen molar-refractivity contribution in [1.29, 1.82) is 0 Å². The molecule has 0 aliphatic carbocycles. The highest BCUT2D eigenvalue weighted by Gasteiger charge is 2.28. The van der Waals surface area contributed by atoms with Crippen molar-refractivity contribution >= 4 is 50.1 Å². The van der Waals surface area contributed by atoms with Crippen LogP contribution in [0.1, 0.15) is 9.67 Å². The number of hydrogen-bond acceptors (Lipinski definition) is 7. The lowest BCUT2D eigenvalue weighted by atomic mass is 10.2. The van der Waals surface area contributed by atoms with Crippen molar-refractivity contribution in [3.8, 4) is 0 Å². The number of amides is 1. The topological polar surface area (TPSA) is 101 Å². The van der Waals surface area contributed by atoms with Crippen LogP contribution in [0.15, 0.2) is 35.2 Å². The van der Waals surface area contributed by atoms with E-state index in [0.29, 0.717) is 41.1 Å². The Hall–Kier alpha value is -2.17. The number of nitrogens with zero attached hydrogens (tertiary/aromatic N) is 3. The number of hydrogen-bond donors (Lipinski definition) is 0. The monoisotopic (exact) mass is 429 g/mol. The van der Waals surface area contributed by atoms with Gasteiger partial charge in [-0.3, -0.25) is 14.9 Å². The fourth-order valence-corrected chi connectivity index (χ4v) is 4.53. The second-order valence-electron chi connectivity index (χ2n) is 6.06. The van der Waals surface area contributed by atoms with E-state index in [0.717, 1.165) is 12.3 Å². The Morgan fingerprint density at radius 3 is 2.37 bits per heavy atom. The molecular formula is C16H16ClN3O5S2. The number of anilines is 1. The fraction of sp³-hybridized carbons (Fsp3) is 0.312.